The lowest BCUT2D eigenvalue weighted by molar-refractivity contribution is -0.154. The molecule has 3 nitrogen and oxygen atoms in total. The summed E-state index contributed by atoms with van der Waals surface area (Å²) in [5.41, 5.74) is -0.369. The molecule has 1 aliphatic heterocycles. The highest BCUT2D eigenvalue weighted by Crippen LogP contribution is 2.16. The van der Waals surface area contributed by atoms with E-state index >= 15 is 0 Å². The lowest BCUT2D eigenvalue weighted by atomic mass is 9.97. The highest BCUT2D eigenvalue weighted by Gasteiger charge is 2.24. The van der Waals surface area contributed by atoms with Crippen molar-refractivity contribution in [1.82, 2.24) is 5.32 Å². The normalized spacial score (nSPS) is 23.2. The smallest absolute Gasteiger partial charge is 0.311 e. The van der Waals surface area contributed by atoms with E-state index in [1.54, 1.807) is 0 Å². The van der Waals surface area contributed by atoms with Gasteiger partial charge in [-0.05, 0) is 33.7 Å². The Morgan fingerprint density at radius 1 is 1.54 bits per heavy atom. The Balaban J connectivity index is 2.22. The first-order valence-electron chi connectivity index (χ1n) is 4.88. The number of carbonyl (C=O) groups excluding carboxylic acids is 1. The van der Waals surface area contributed by atoms with Crippen molar-refractivity contribution in [2.75, 3.05) is 19.7 Å². The zero-order valence-corrected chi connectivity index (χ0v) is 8.72. The van der Waals surface area contributed by atoms with Crippen molar-refractivity contribution in [3.63, 3.8) is 0 Å². The molecule has 3 heteroatoms. The summed E-state index contributed by atoms with van der Waals surface area (Å²) in [6.45, 7) is 8.24. The van der Waals surface area contributed by atoms with Gasteiger partial charge in [0.05, 0.1) is 12.0 Å². The van der Waals surface area contributed by atoms with Crippen LogP contribution in [0, 0.1) is 11.3 Å². The van der Waals surface area contributed by atoms with Gasteiger partial charge in [0, 0.05) is 12.5 Å². The summed E-state index contributed by atoms with van der Waals surface area (Å²) in [5.74, 6) is 0.422. The molecule has 0 bridgehead atoms. The van der Waals surface area contributed by atoms with Crippen LogP contribution in [0.3, 0.4) is 0 Å². The van der Waals surface area contributed by atoms with Crippen LogP contribution in [0.2, 0.25) is 0 Å². The van der Waals surface area contributed by atoms with Crippen LogP contribution in [-0.4, -0.2) is 25.7 Å². The monoisotopic (exact) mass is 185 g/mol. The van der Waals surface area contributed by atoms with Crippen molar-refractivity contribution in [2.45, 2.75) is 27.2 Å². The van der Waals surface area contributed by atoms with Crippen LogP contribution >= 0.6 is 0 Å². The first-order chi connectivity index (χ1) is 6.00. The summed E-state index contributed by atoms with van der Waals surface area (Å²) in [6.07, 6.45) is 1.12. The second-order valence-corrected chi connectivity index (χ2v) is 4.71. The minimum Gasteiger partial charge on any atom is -0.465 e. The van der Waals surface area contributed by atoms with E-state index in [4.69, 9.17) is 4.74 Å². The second-order valence-electron chi connectivity index (χ2n) is 4.71. The molecule has 0 radical (unpaired) electrons. The van der Waals surface area contributed by atoms with Crippen LogP contribution in [0.15, 0.2) is 0 Å². The molecule has 0 aromatic carbocycles. The largest absolute Gasteiger partial charge is 0.465 e. The zero-order chi connectivity index (χ0) is 9.90. The van der Waals surface area contributed by atoms with Gasteiger partial charge in [0.2, 0.25) is 0 Å². The minimum atomic E-state index is -0.369. The lowest BCUT2D eigenvalue weighted by Crippen LogP contribution is -2.26. The molecule has 0 aromatic rings. The quantitative estimate of drug-likeness (QED) is 0.657. The summed E-state index contributed by atoms with van der Waals surface area (Å²) in [4.78, 5) is 11.4. The Morgan fingerprint density at radius 2 is 2.23 bits per heavy atom. The predicted molar refractivity (Wildman–Crippen MR) is 51.4 cm³/mol. The Kier molecular flexibility index (Phi) is 3.31. The number of ether oxygens (including phenoxy) is 1. The van der Waals surface area contributed by atoms with Crippen molar-refractivity contribution in [1.29, 1.82) is 0 Å². The van der Waals surface area contributed by atoms with Crippen LogP contribution in [0.25, 0.3) is 0 Å². The van der Waals surface area contributed by atoms with Crippen molar-refractivity contribution in [2.24, 2.45) is 11.3 Å². The fourth-order valence-corrected chi connectivity index (χ4v) is 1.27. The Hall–Kier alpha value is -0.570. The fraction of sp³-hybridized carbons (Fsp3) is 0.900. The molecular weight excluding hydrogens is 166 g/mol. The van der Waals surface area contributed by atoms with Gasteiger partial charge in [-0.15, -0.1) is 0 Å². The molecule has 1 saturated heterocycles. The van der Waals surface area contributed by atoms with Crippen LogP contribution in [-0.2, 0) is 9.53 Å². The predicted octanol–water partition coefficient (Wildman–Crippen LogP) is 1.19. The number of hydrogen-bond donors (Lipinski definition) is 1. The van der Waals surface area contributed by atoms with E-state index in [0.29, 0.717) is 12.5 Å². The maximum atomic E-state index is 11.4. The van der Waals surface area contributed by atoms with E-state index in [1.807, 2.05) is 20.8 Å². The molecule has 0 aliphatic carbocycles. The molecule has 1 N–H and O–H groups in total. The van der Waals surface area contributed by atoms with Crippen molar-refractivity contribution >= 4 is 5.97 Å². The summed E-state index contributed by atoms with van der Waals surface area (Å²) < 4.78 is 5.21. The molecule has 1 rings (SSSR count). The van der Waals surface area contributed by atoms with E-state index in [1.165, 1.54) is 0 Å². The molecule has 1 heterocycles. The Bertz CT molecular complexity index is 178. The average molecular weight is 185 g/mol. The molecule has 0 amide bonds. The maximum absolute atomic E-state index is 11.4. The molecule has 1 aliphatic rings. The van der Waals surface area contributed by atoms with Gasteiger partial charge in [-0.3, -0.25) is 4.79 Å². The molecule has 1 fully saturated rings. The van der Waals surface area contributed by atoms with Gasteiger partial charge in [0.15, 0.2) is 0 Å². The highest BCUT2D eigenvalue weighted by atomic mass is 16.5. The molecule has 0 spiro atoms. The number of hydrogen-bond acceptors (Lipinski definition) is 3. The van der Waals surface area contributed by atoms with E-state index in [2.05, 4.69) is 5.32 Å². The van der Waals surface area contributed by atoms with Crippen LogP contribution < -0.4 is 5.32 Å². The van der Waals surface area contributed by atoms with E-state index in [0.717, 1.165) is 19.5 Å². The summed E-state index contributed by atoms with van der Waals surface area (Å²) in [5, 5.41) is 3.24. The van der Waals surface area contributed by atoms with Gasteiger partial charge >= 0.3 is 5.97 Å². The van der Waals surface area contributed by atoms with Gasteiger partial charge in [-0.25, -0.2) is 0 Å². The molecule has 13 heavy (non-hydrogen) atoms. The van der Waals surface area contributed by atoms with Gasteiger partial charge in [0.1, 0.15) is 0 Å². The van der Waals surface area contributed by atoms with Gasteiger partial charge in [-0.2, -0.15) is 0 Å². The molecule has 1 atom stereocenters. The number of nitrogens with one attached hydrogen (secondary N) is 1. The third kappa shape index (κ3) is 3.35. The van der Waals surface area contributed by atoms with Gasteiger partial charge < -0.3 is 10.1 Å². The first kappa shape index (κ1) is 10.5. The zero-order valence-electron chi connectivity index (χ0n) is 8.72. The molecule has 0 saturated carbocycles. The Labute approximate surface area is 79.8 Å². The molecule has 0 unspecified atom stereocenters. The van der Waals surface area contributed by atoms with Crippen LogP contribution in [0.4, 0.5) is 0 Å². The summed E-state index contributed by atoms with van der Waals surface area (Å²) in [6, 6.07) is 0. The van der Waals surface area contributed by atoms with Crippen molar-refractivity contribution < 1.29 is 9.53 Å². The number of rotatable bonds is 2. The Morgan fingerprint density at radius 3 is 2.69 bits per heavy atom. The van der Waals surface area contributed by atoms with Gasteiger partial charge in [0.25, 0.3) is 0 Å². The number of carbonyl (C=O) groups is 1. The highest BCUT2D eigenvalue weighted by molar-refractivity contribution is 5.75. The van der Waals surface area contributed by atoms with Crippen LogP contribution in [0.5, 0.6) is 0 Å². The van der Waals surface area contributed by atoms with Crippen molar-refractivity contribution in [3.8, 4) is 0 Å². The standard InChI is InChI=1S/C10H19NO2/c1-10(2,3)9(12)13-7-8-4-5-11-6-8/h8,11H,4-7H2,1-3H3/t8-/m1/s1. The first-order valence-corrected chi connectivity index (χ1v) is 4.88. The second kappa shape index (κ2) is 4.09. The third-order valence-corrected chi connectivity index (χ3v) is 2.22. The minimum absolute atomic E-state index is 0.0978. The SMILES string of the molecule is CC(C)(C)C(=O)OC[C@@H]1CCNC1. The molecule has 0 aromatic heterocycles. The van der Waals surface area contributed by atoms with E-state index in [9.17, 15) is 4.79 Å². The van der Waals surface area contributed by atoms with Crippen LogP contribution in [0.1, 0.15) is 27.2 Å². The van der Waals surface area contributed by atoms with Gasteiger partial charge in [-0.1, -0.05) is 0 Å². The van der Waals surface area contributed by atoms with E-state index in [-0.39, 0.29) is 11.4 Å². The lowest BCUT2D eigenvalue weighted by Gasteiger charge is -2.18. The fourth-order valence-electron chi connectivity index (χ4n) is 1.27. The average Bonchev–Trinajstić information content (AvgIpc) is 2.50. The van der Waals surface area contributed by atoms with E-state index < -0.39 is 0 Å². The van der Waals surface area contributed by atoms with Crippen molar-refractivity contribution in [3.05, 3.63) is 0 Å². The summed E-state index contributed by atoms with van der Waals surface area (Å²) in [7, 11) is 0. The summed E-state index contributed by atoms with van der Waals surface area (Å²) >= 11 is 0. The maximum Gasteiger partial charge on any atom is 0.311 e. The number of esters is 1. The topological polar surface area (TPSA) is 38.3 Å². The molecule has 76 valence electrons. The molecular formula is C10H19NO2. The third-order valence-electron chi connectivity index (χ3n) is 2.22.